The number of carbonyl (C=O) groups is 1. The maximum atomic E-state index is 12.3. The number of ketones is 1. The molecule has 4 rings (SSSR count). The Morgan fingerprint density at radius 1 is 1.36 bits per heavy atom. The molecule has 1 saturated carbocycles. The molecule has 1 aromatic carbocycles. The van der Waals surface area contributed by atoms with Gasteiger partial charge in [0.05, 0.1) is 5.60 Å². The first-order valence-corrected chi connectivity index (χ1v) is 8.41. The van der Waals surface area contributed by atoms with Crippen molar-refractivity contribution in [3.8, 4) is 5.75 Å². The Morgan fingerprint density at radius 3 is 2.84 bits per heavy atom. The number of phenols is 1. The predicted octanol–water partition coefficient (Wildman–Crippen LogP) is 1.53. The van der Waals surface area contributed by atoms with Crippen LogP contribution in [-0.4, -0.2) is 51.1 Å². The molecule has 2 bridgehead atoms. The van der Waals surface area contributed by atoms with Gasteiger partial charge < -0.3 is 15.7 Å². The van der Waals surface area contributed by atoms with Crippen molar-refractivity contribution in [1.82, 2.24) is 4.90 Å². The van der Waals surface area contributed by atoms with Gasteiger partial charge >= 0.3 is 0 Å². The Hall–Kier alpha value is -1.40. The third-order valence-electron chi connectivity index (χ3n) is 6.32. The highest BCUT2D eigenvalue weighted by Gasteiger charge is 2.64. The molecule has 0 amide bonds. The van der Waals surface area contributed by atoms with E-state index in [1.807, 2.05) is 12.1 Å². The molecule has 1 aliphatic heterocycles. The fourth-order valence-electron chi connectivity index (χ4n) is 5.27. The number of likely N-dealkylation sites (tertiary alicyclic amines) is 1. The van der Waals surface area contributed by atoms with E-state index < -0.39 is 11.0 Å². The SMILES string of the molecule is C=CCN1CC[C@@]23CC(=O)CC[C@@]2(O)[C@@H]1Cc1ccc(O)cc13.Cl.O. The van der Waals surface area contributed by atoms with Gasteiger partial charge in [-0.15, -0.1) is 19.0 Å². The van der Waals surface area contributed by atoms with Crippen LogP contribution >= 0.6 is 12.4 Å². The summed E-state index contributed by atoms with van der Waals surface area (Å²) in [5.41, 5.74) is 0.698. The van der Waals surface area contributed by atoms with Crippen LogP contribution in [0.15, 0.2) is 30.9 Å². The van der Waals surface area contributed by atoms with Gasteiger partial charge in [0.25, 0.3) is 0 Å². The van der Waals surface area contributed by atoms with Crippen molar-refractivity contribution in [2.24, 2.45) is 0 Å². The molecule has 1 heterocycles. The molecule has 0 radical (unpaired) electrons. The number of fused-ring (bicyclic) bond motifs is 1. The van der Waals surface area contributed by atoms with E-state index in [9.17, 15) is 15.0 Å². The first-order valence-electron chi connectivity index (χ1n) is 8.41. The van der Waals surface area contributed by atoms with Crippen molar-refractivity contribution in [2.75, 3.05) is 13.1 Å². The molecule has 4 N–H and O–H groups in total. The topological polar surface area (TPSA) is 92.3 Å². The van der Waals surface area contributed by atoms with Crippen molar-refractivity contribution in [1.29, 1.82) is 0 Å². The second-order valence-corrected chi connectivity index (χ2v) is 7.32. The minimum absolute atomic E-state index is 0. The normalized spacial score (nSPS) is 33.3. The molecule has 2 aliphatic carbocycles. The van der Waals surface area contributed by atoms with Crippen molar-refractivity contribution in [3.63, 3.8) is 0 Å². The first kappa shape index (κ1) is 19.9. The number of phenolic OH excluding ortho intramolecular Hbond substituents is 1. The fourth-order valence-corrected chi connectivity index (χ4v) is 5.27. The average Bonchev–Trinajstić information content (AvgIpc) is 2.52. The number of hydrogen-bond acceptors (Lipinski definition) is 4. The predicted molar refractivity (Wildman–Crippen MR) is 98.3 cm³/mol. The summed E-state index contributed by atoms with van der Waals surface area (Å²) in [5, 5.41) is 21.7. The van der Waals surface area contributed by atoms with Crippen LogP contribution in [0.3, 0.4) is 0 Å². The van der Waals surface area contributed by atoms with E-state index in [1.165, 1.54) is 0 Å². The zero-order valence-electron chi connectivity index (χ0n) is 14.2. The molecule has 3 aliphatic rings. The van der Waals surface area contributed by atoms with E-state index >= 15 is 0 Å². The van der Waals surface area contributed by atoms with Gasteiger partial charge in [0.1, 0.15) is 11.5 Å². The Kier molecular flexibility index (Phi) is 5.36. The molecule has 6 heteroatoms. The van der Waals surface area contributed by atoms with Crippen LogP contribution in [-0.2, 0) is 16.6 Å². The van der Waals surface area contributed by atoms with Crippen LogP contribution in [0.25, 0.3) is 0 Å². The average molecular weight is 368 g/mol. The Labute approximate surface area is 154 Å². The van der Waals surface area contributed by atoms with Crippen molar-refractivity contribution >= 4 is 18.2 Å². The quantitative estimate of drug-likeness (QED) is 0.775. The van der Waals surface area contributed by atoms with Crippen LogP contribution in [0, 0.1) is 0 Å². The lowest BCUT2D eigenvalue weighted by Crippen LogP contribution is -2.73. The summed E-state index contributed by atoms with van der Waals surface area (Å²) in [6.45, 7) is 5.45. The molecule has 5 nitrogen and oxygen atoms in total. The van der Waals surface area contributed by atoms with E-state index in [0.717, 1.165) is 37.1 Å². The summed E-state index contributed by atoms with van der Waals surface area (Å²) in [5.74, 6) is 0.437. The zero-order chi connectivity index (χ0) is 16.2. The maximum absolute atomic E-state index is 12.3. The molecule has 3 atom stereocenters. The molecule has 25 heavy (non-hydrogen) atoms. The van der Waals surface area contributed by atoms with Gasteiger partial charge in [-0.05, 0) is 49.1 Å². The van der Waals surface area contributed by atoms with E-state index in [2.05, 4.69) is 11.5 Å². The van der Waals surface area contributed by atoms with Gasteiger partial charge in [-0.2, -0.15) is 0 Å². The van der Waals surface area contributed by atoms with Crippen molar-refractivity contribution in [2.45, 2.75) is 49.2 Å². The summed E-state index contributed by atoms with van der Waals surface area (Å²) < 4.78 is 0. The molecule has 2 fully saturated rings. The monoisotopic (exact) mass is 367 g/mol. The van der Waals surface area contributed by atoms with Gasteiger partial charge in [-0.1, -0.05) is 12.1 Å². The van der Waals surface area contributed by atoms with Crippen LogP contribution in [0.4, 0.5) is 0 Å². The van der Waals surface area contributed by atoms with E-state index in [-0.39, 0.29) is 35.5 Å². The van der Waals surface area contributed by atoms with Crippen LogP contribution in [0.5, 0.6) is 5.75 Å². The summed E-state index contributed by atoms with van der Waals surface area (Å²) in [6, 6.07) is 5.45. The number of Topliss-reactive ketones (excluding diaryl/α,β-unsaturated/α-hetero) is 1. The Morgan fingerprint density at radius 2 is 2.12 bits per heavy atom. The van der Waals surface area contributed by atoms with Gasteiger partial charge in [0.15, 0.2) is 0 Å². The van der Waals surface area contributed by atoms with Gasteiger partial charge in [0.2, 0.25) is 0 Å². The maximum Gasteiger partial charge on any atom is 0.134 e. The lowest BCUT2D eigenvalue weighted by Gasteiger charge is -2.63. The van der Waals surface area contributed by atoms with Gasteiger partial charge in [0, 0.05) is 30.8 Å². The summed E-state index contributed by atoms with van der Waals surface area (Å²) in [6.07, 6.45) is 4.74. The largest absolute Gasteiger partial charge is 0.508 e. The number of piperidine rings is 1. The number of rotatable bonds is 2. The Balaban J connectivity index is 0.00000113. The molecule has 138 valence electrons. The van der Waals surface area contributed by atoms with Gasteiger partial charge in [-0.25, -0.2) is 0 Å². The third kappa shape index (κ3) is 2.61. The number of benzene rings is 1. The number of carbonyl (C=O) groups excluding carboxylic acids is 1. The van der Waals surface area contributed by atoms with Crippen molar-refractivity contribution in [3.05, 3.63) is 42.0 Å². The number of aromatic hydroxyl groups is 1. The standard InChI is InChI=1S/C19H23NO3.ClH.H2O/c1-2-8-20-9-7-18-12-15(22)5-6-19(18,23)17(20)10-13-3-4-14(21)11-16(13)18;;/h2-4,11,17,21,23H,1,5-10,12H2;1H;1H2/t17-,18-,19+;;/m0../s1. The number of aliphatic hydroxyl groups is 1. The first-order chi connectivity index (χ1) is 11.0. The molecular formula is C19H26ClNO4. The van der Waals surface area contributed by atoms with Crippen LogP contribution in [0.2, 0.25) is 0 Å². The minimum Gasteiger partial charge on any atom is -0.508 e. The second-order valence-electron chi connectivity index (χ2n) is 7.32. The van der Waals surface area contributed by atoms with Gasteiger partial charge in [-0.3, -0.25) is 9.69 Å². The lowest BCUT2D eigenvalue weighted by molar-refractivity contribution is -0.170. The smallest absolute Gasteiger partial charge is 0.134 e. The van der Waals surface area contributed by atoms with Crippen LogP contribution in [0.1, 0.15) is 36.8 Å². The van der Waals surface area contributed by atoms with E-state index in [4.69, 9.17) is 0 Å². The molecule has 0 unspecified atom stereocenters. The second kappa shape index (κ2) is 6.72. The summed E-state index contributed by atoms with van der Waals surface area (Å²) in [7, 11) is 0. The lowest BCUT2D eigenvalue weighted by atomic mass is 9.49. The highest BCUT2D eigenvalue weighted by atomic mass is 35.5. The van der Waals surface area contributed by atoms with Crippen molar-refractivity contribution < 1.29 is 20.5 Å². The zero-order valence-corrected chi connectivity index (χ0v) is 15.0. The highest BCUT2D eigenvalue weighted by molar-refractivity contribution is 5.85. The fraction of sp³-hybridized carbons (Fsp3) is 0.526. The number of hydrogen-bond donors (Lipinski definition) is 2. The summed E-state index contributed by atoms with van der Waals surface area (Å²) >= 11 is 0. The number of halogens is 1. The molecular weight excluding hydrogens is 342 g/mol. The van der Waals surface area contributed by atoms with Crippen LogP contribution < -0.4 is 0 Å². The number of nitrogens with zero attached hydrogens (tertiary/aromatic N) is 1. The molecule has 0 spiro atoms. The molecule has 0 aromatic heterocycles. The van der Waals surface area contributed by atoms with E-state index in [1.54, 1.807) is 12.1 Å². The minimum atomic E-state index is -0.900. The molecule has 1 saturated heterocycles. The highest BCUT2D eigenvalue weighted by Crippen LogP contribution is 2.57. The molecule has 1 aromatic rings. The third-order valence-corrected chi connectivity index (χ3v) is 6.32. The van der Waals surface area contributed by atoms with E-state index in [0.29, 0.717) is 19.3 Å². The Bertz CT molecular complexity index is 694. The summed E-state index contributed by atoms with van der Waals surface area (Å²) in [4.78, 5) is 14.6.